The van der Waals surface area contributed by atoms with Crippen LogP contribution < -0.4 is 9.79 Å². The van der Waals surface area contributed by atoms with Crippen LogP contribution in [0, 0.1) is 0 Å². The summed E-state index contributed by atoms with van der Waals surface area (Å²) in [6, 6.07) is 0. The first kappa shape index (κ1) is 91.8. The highest BCUT2D eigenvalue weighted by atomic mass is 32.1. The lowest BCUT2D eigenvalue weighted by Crippen LogP contribution is -2.31. The molecule has 554 valence electrons. The molecule has 0 rings (SSSR count). The molecule has 0 saturated carbocycles. The van der Waals surface area contributed by atoms with Gasteiger partial charge in [0.15, 0.2) is 6.10 Å². The maximum atomic E-state index is 13.1. The van der Waals surface area contributed by atoms with E-state index >= 15 is 0 Å². The number of ether oxygens (including phenoxy) is 4. The Bertz CT molecular complexity index is 2060. The van der Waals surface area contributed by atoms with Gasteiger partial charge in [-0.15, -0.1) is 0 Å². The Morgan fingerprint density at radius 1 is 0.379 bits per heavy atom. The Labute approximate surface area is 580 Å². The van der Waals surface area contributed by atoms with Gasteiger partial charge in [-0.05, 0) is 120 Å². The Morgan fingerprint density at radius 3 is 1.02 bits per heavy atom. The zero-order valence-electron chi connectivity index (χ0n) is 59.4. The van der Waals surface area contributed by atoms with Gasteiger partial charge in [0.25, 0.3) is 7.82 Å². The van der Waals surface area contributed by atoms with Crippen LogP contribution >= 0.6 is 15.4 Å². The predicted octanol–water partition coefficient (Wildman–Crippen LogP) is 18.8. The molecule has 95 heavy (non-hydrogen) atoms. The number of nitrogens with zero attached hydrogens (tertiary/aromatic N) is 1. The molecule has 1 N–H and O–H groups in total. The van der Waals surface area contributed by atoms with Crippen molar-refractivity contribution >= 4 is 57.7 Å². The summed E-state index contributed by atoms with van der Waals surface area (Å²) in [5, 5.41) is 10.6. The Hall–Kier alpha value is -3.19. The van der Waals surface area contributed by atoms with Crippen LogP contribution in [0.15, 0.2) is 41.0 Å². The van der Waals surface area contributed by atoms with Gasteiger partial charge in [0, 0.05) is 38.3 Å². The summed E-state index contributed by atoms with van der Waals surface area (Å²) in [4.78, 5) is 93.4. The zero-order valence-corrected chi connectivity index (χ0v) is 62.0. The number of phosphoric acid groups is 1. The maximum Gasteiger partial charge on any atom is 0.336 e. The summed E-state index contributed by atoms with van der Waals surface area (Å²) >= 11 is 4.27. The first-order chi connectivity index (χ1) is 46.1. The molecule has 5 atom stereocenters. The second-order valence-corrected chi connectivity index (χ2v) is 29.0. The SMILES string of the molecule is CCCCCCCC/C=C\CCCCCCCC(=O)OC[C@H](CCP(=O)([O-])OCC(O)COP(=O)([O-])OC[C@@H](COC(=O)CCCCCCCC(=O)ON=S)OC(=O)CCCCCCC/C=C\CCCCCCCC)OC(=O)CCCCCCC/C=C\CCCCCCCC. The number of esters is 4. The normalized spacial score (nSPS) is 14.0. The van der Waals surface area contributed by atoms with Crippen LogP contribution in [0.4, 0.5) is 0 Å². The molecule has 0 saturated heterocycles. The Morgan fingerprint density at radius 2 is 0.663 bits per heavy atom. The van der Waals surface area contributed by atoms with E-state index in [0.717, 1.165) is 122 Å². The summed E-state index contributed by atoms with van der Waals surface area (Å²) in [7, 11) is -9.99. The number of carbonyl (C=O) groups excluding carboxylic acids is 5. The van der Waals surface area contributed by atoms with Gasteiger partial charge in [0.1, 0.15) is 33.0 Å². The number of hydrogen-bond acceptors (Lipinski definition) is 20. The lowest BCUT2D eigenvalue weighted by Gasteiger charge is -2.28. The van der Waals surface area contributed by atoms with Gasteiger partial charge >= 0.3 is 29.8 Å². The molecule has 0 radical (unpaired) electrons. The highest BCUT2D eigenvalue weighted by Crippen LogP contribution is 2.41. The molecule has 19 nitrogen and oxygen atoms in total. The van der Waals surface area contributed by atoms with Gasteiger partial charge in [0.2, 0.25) is 0 Å². The van der Waals surface area contributed by atoms with Crippen LogP contribution in [-0.4, -0.2) is 92.5 Å². The van der Waals surface area contributed by atoms with Crippen molar-refractivity contribution < 1.29 is 85.4 Å². The Balaban J connectivity index is 5.32. The van der Waals surface area contributed by atoms with Gasteiger partial charge in [-0.25, -0.2) is 4.79 Å². The first-order valence-corrected chi connectivity index (χ1v) is 41.0. The van der Waals surface area contributed by atoms with Gasteiger partial charge < -0.3 is 56.8 Å². The fourth-order valence-corrected chi connectivity index (χ4v) is 12.5. The number of carbonyl (C=O) groups is 5. The van der Waals surface area contributed by atoms with Crippen molar-refractivity contribution in [2.24, 2.45) is 4.53 Å². The molecular weight excluding hydrogens is 1270 g/mol. The molecule has 0 aromatic rings. The van der Waals surface area contributed by atoms with Crippen molar-refractivity contribution in [3.05, 3.63) is 36.5 Å². The number of allylic oxidation sites excluding steroid dienone is 6. The molecule has 22 heteroatoms. The molecule has 0 heterocycles. The fraction of sp³-hybridized carbons (Fsp3) is 0.849. The summed E-state index contributed by atoms with van der Waals surface area (Å²) in [6.07, 6.45) is 55.1. The second-order valence-electron chi connectivity index (χ2n) is 25.5. The van der Waals surface area contributed by atoms with Crippen molar-refractivity contribution in [3.8, 4) is 0 Å². The minimum Gasteiger partial charge on any atom is -0.778 e. The van der Waals surface area contributed by atoms with Crippen LogP contribution in [0.1, 0.15) is 342 Å². The third-order valence-electron chi connectivity index (χ3n) is 16.3. The molecule has 3 unspecified atom stereocenters. The standard InChI is InChI=1S/C73H133NO18P2S/c1-4-7-10-13-16-19-22-25-28-31-34-37-40-44-49-54-69(76)85-63-67(90-71(78)56-51-45-41-38-35-32-29-26-23-20-17-14-11-8-5-2)59-60-93(81,82)87-61-66(75)62-88-94(83,84)89-65-68(64-86-70(77)55-50-47-43-48-53-58-73(80)92-74-95)91-72(79)57-52-46-42-39-36-33-30-27-24-21-18-15-12-9-6-3/h25-30,66-68,75H,4-24,31-65H2,1-3H3,(H,81,82)(H,83,84)/p-2/b28-25-,29-26-,30-27-/t66?,67-,68+/m0/s1. The molecule has 0 aliphatic heterocycles. The molecular formula is C73H131NO18P2S-2. The smallest absolute Gasteiger partial charge is 0.336 e. The van der Waals surface area contributed by atoms with Crippen molar-refractivity contribution in [3.63, 3.8) is 0 Å². The number of phosphoric ester groups is 1. The van der Waals surface area contributed by atoms with E-state index in [0.29, 0.717) is 44.9 Å². The summed E-state index contributed by atoms with van der Waals surface area (Å²) in [5.41, 5.74) is 0. The molecule has 0 aliphatic rings. The van der Waals surface area contributed by atoms with Gasteiger partial charge in [-0.3, -0.25) is 23.7 Å². The third-order valence-corrected chi connectivity index (χ3v) is 18.7. The fourth-order valence-electron chi connectivity index (χ4n) is 10.5. The lowest BCUT2D eigenvalue weighted by molar-refractivity contribution is -0.230. The van der Waals surface area contributed by atoms with E-state index in [2.05, 4.69) is 79.0 Å². The largest absolute Gasteiger partial charge is 0.778 e. The first-order valence-electron chi connectivity index (χ1n) is 37.5. The number of hydrogen-bond donors (Lipinski definition) is 1. The lowest BCUT2D eigenvalue weighted by atomic mass is 10.1. The van der Waals surface area contributed by atoms with Crippen LogP contribution in [0.5, 0.6) is 0 Å². The molecule has 0 amide bonds. The Kier molecular flexibility index (Phi) is 65.7. The minimum atomic E-state index is -5.24. The highest BCUT2D eigenvalue weighted by Gasteiger charge is 2.24. The van der Waals surface area contributed by atoms with E-state index in [-0.39, 0.29) is 45.1 Å². The molecule has 0 aromatic carbocycles. The average molecular weight is 1400 g/mol. The summed E-state index contributed by atoms with van der Waals surface area (Å²) < 4.78 is 65.9. The molecule has 0 bridgehead atoms. The van der Waals surface area contributed by atoms with E-state index in [1.165, 1.54) is 116 Å². The number of aliphatic hydroxyl groups excluding tert-OH is 1. The van der Waals surface area contributed by atoms with Crippen molar-refractivity contribution in [2.45, 2.75) is 360 Å². The van der Waals surface area contributed by atoms with E-state index in [1.807, 2.05) is 0 Å². The summed E-state index contributed by atoms with van der Waals surface area (Å²) in [5.74, 6) is -2.79. The van der Waals surface area contributed by atoms with Gasteiger partial charge in [0.05, 0.1) is 32.2 Å². The number of rotatable bonds is 72. The van der Waals surface area contributed by atoms with Crippen LogP contribution in [-0.2, 0) is 82.9 Å². The third kappa shape index (κ3) is 67.8. The van der Waals surface area contributed by atoms with Crippen molar-refractivity contribution in [1.29, 1.82) is 0 Å². The van der Waals surface area contributed by atoms with Gasteiger partial charge in [-0.1, -0.05) is 231 Å². The van der Waals surface area contributed by atoms with E-state index in [9.17, 15) is 48.0 Å². The van der Waals surface area contributed by atoms with Crippen LogP contribution in [0.25, 0.3) is 0 Å². The zero-order chi connectivity index (χ0) is 69.8. The molecule has 0 aliphatic carbocycles. The number of unbranched alkanes of at least 4 members (excludes halogenated alkanes) is 37. The van der Waals surface area contributed by atoms with Gasteiger partial charge in [-0.2, -0.15) is 0 Å². The quantitative estimate of drug-likeness (QED) is 0.0148. The molecule has 0 fully saturated rings. The number of aliphatic hydroxyl groups is 1. The molecule has 0 aromatic heterocycles. The van der Waals surface area contributed by atoms with E-state index in [1.54, 1.807) is 0 Å². The summed E-state index contributed by atoms with van der Waals surface area (Å²) in [6.45, 7) is 3.17. The minimum absolute atomic E-state index is 0.0346. The second kappa shape index (κ2) is 68.0. The molecule has 0 spiro atoms. The van der Waals surface area contributed by atoms with Crippen LogP contribution in [0.2, 0.25) is 0 Å². The van der Waals surface area contributed by atoms with E-state index in [4.69, 9.17) is 32.5 Å². The van der Waals surface area contributed by atoms with E-state index < -0.39 is 96.2 Å². The van der Waals surface area contributed by atoms with Crippen molar-refractivity contribution in [2.75, 3.05) is 39.2 Å². The maximum absolute atomic E-state index is 13.1. The highest BCUT2D eigenvalue weighted by molar-refractivity contribution is 7.51. The monoisotopic (exact) mass is 1400 g/mol. The van der Waals surface area contributed by atoms with Crippen molar-refractivity contribution in [1.82, 2.24) is 0 Å². The topological polar surface area (TPSA) is 272 Å². The predicted molar refractivity (Wildman–Crippen MR) is 377 cm³/mol. The average Bonchev–Trinajstić information content (AvgIpc) is 2.34. The van der Waals surface area contributed by atoms with Crippen LogP contribution in [0.3, 0.4) is 0 Å².